The van der Waals surface area contributed by atoms with Gasteiger partial charge in [-0.2, -0.15) is 5.10 Å². The number of H-pyrrole nitrogens is 1. The van der Waals surface area contributed by atoms with Gasteiger partial charge in [-0.1, -0.05) is 38.2 Å². The molecule has 3 atom stereocenters. The Kier molecular flexibility index (Phi) is 6.22. The van der Waals surface area contributed by atoms with Gasteiger partial charge in [0.1, 0.15) is 5.75 Å². The lowest BCUT2D eigenvalue weighted by molar-refractivity contribution is 0.0951. The van der Waals surface area contributed by atoms with Crippen LogP contribution in [0.15, 0.2) is 53.5 Å². The third-order valence-corrected chi connectivity index (χ3v) is 6.57. The van der Waals surface area contributed by atoms with Crippen LogP contribution in [-0.2, 0) is 6.54 Å². The molecule has 3 heterocycles. The zero-order valence-electron chi connectivity index (χ0n) is 19.7. The second-order valence-corrected chi connectivity index (χ2v) is 8.71. The first kappa shape index (κ1) is 22.6. The van der Waals surface area contributed by atoms with E-state index in [2.05, 4.69) is 53.6 Å². The van der Waals surface area contributed by atoms with E-state index in [1.807, 2.05) is 23.6 Å². The number of aryl methyl sites for hydroxylation is 1. The fourth-order valence-electron chi connectivity index (χ4n) is 4.89. The molecule has 1 aliphatic rings. The number of aromatic nitrogens is 3. The molecule has 0 aliphatic heterocycles. The van der Waals surface area contributed by atoms with Crippen molar-refractivity contribution in [2.75, 3.05) is 7.11 Å². The van der Waals surface area contributed by atoms with Crippen molar-refractivity contribution in [3.05, 3.63) is 87.1 Å². The summed E-state index contributed by atoms with van der Waals surface area (Å²) in [5.41, 5.74) is 4.08. The predicted octanol–water partition coefficient (Wildman–Crippen LogP) is 4.06. The summed E-state index contributed by atoms with van der Waals surface area (Å²) in [6.45, 7) is 8.22. The number of carbonyl (C=O) groups is 1. The number of ether oxygens (including phenoxy) is 1. The first-order valence-electron chi connectivity index (χ1n) is 11.2. The maximum absolute atomic E-state index is 13.4. The summed E-state index contributed by atoms with van der Waals surface area (Å²) < 4.78 is 7.24. The Hall–Kier alpha value is -3.61. The van der Waals surface area contributed by atoms with E-state index in [1.165, 1.54) is 7.11 Å². The maximum atomic E-state index is 13.4. The normalized spacial score (nSPS) is 18.5. The Labute approximate surface area is 193 Å². The van der Waals surface area contributed by atoms with Gasteiger partial charge in [0, 0.05) is 23.5 Å². The van der Waals surface area contributed by atoms with Gasteiger partial charge in [0.2, 0.25) is 0 Å². The molecule has 3 aromatic rings. The molecule has 0 spiro atoms. The molecule has 0 bridgehead atoms. The number of methoxy groups -OCH3 is 1. The zero-order valence-corrected chi connectivity index (χ0v) is 19.7. The second-order valence-electron chi connectivity index (χ2n) is 8.71. The largest absolute Gasteiger partial charge is 0.496 e. The van der Waals surface area contributed by atoms with E-state index in [4.69, 9.17) is 4.74 Å². The topological polar surface area (TPSA) is 88.5 Å². The molecule has 0 saturated heterocycles. The standard InChI is InChI=1S/C26H30N4O3/c1-15-9-6-7-10-19(15)17(3)24-18(4)23(21-11-8-12-28-30(21)24)26(32)27-14-20-22(33-5)13-16(2)29-25(20)31/h6-13,15,17,19H,14H2,1-5H3,(H,27,32)(H,29,31). The summed E-state index contributed by atoms with van der Waals surface area (Å²) in [4.78, 5) is 28.6. The lowest BCUT2D eigenvalue weighted by Gasteiger charge is -2.27. The fraction of sp³-hybridized carbons (Fsp3) is 0.346. The molecule has 0 saturated carbocycles. The number of fused-ring (bicyclic) bond motifs is 1. The summed E-state index contributed by atoms with van der Waals surface area (Å²) >= 11 is 0. The SMILES string of the molecule is COc1cc(C)[nH]c(=O)c1CNC(=O)c1c(C)c(C(C)C2C=CC=CC2C)n2ncccc12. The van der Waals surface area contributed by atoms with E-state index in [0.29, 0.717) is 34.4 Å². The fourth-order valence-corrected chi connectivity index (χ4v) is 4.89. The Bertz CT molecular complexity index is 1320. The van der Waals surface area contributed by atoms with Crippen molar-refractivity contribution in [1.29, 1.82) is 0 Å². The van der Waals surface area contributed by atoms with Crippen molar-refractivity contribution in [2.45, 2.75) is 40.2 Å². The number of hydrogen-bond donors (Lipinski definition) is 2. The molecule has 0 aromatic carbocycles. The number of rotatable bonds is 6. The molecular formula is C26H30N4O3. The highest BCUT2D eigenvalue weighted by Crippen LogP contribution is 2.37. The van der Waals surface area contributed by atoms with E-state index in [0.717, 1.165) is 16.8 Å². The molecule has 0 fully saturated rings. The number of amides is 1. The van der Waals surface area contributed by atoms with Crippen molar-refractivity contribution in [1.82, 2.24) is 19.9 Å². The Morgan fingerprint density at radius 3 is 2.79 bits per heavy atom. The molecule has 33 heavy (non-hydrogen) atoms. The second kappa shape index (κ2) is 9.10. The van der Waals surface area contributed by atoms with Crippen LogP contribution < -0.4 is 15.6 Å². The van der Waals surface area contributed by atoms with Crippen LogP contribution >= 0.6 is 0 Å². The van der Waals surface area contributed by atoms with E-state index in [1.54, 1.807) is 19.2 Å². The van der Waals surface area contributed by atoms with Crippen LogP contribution in [0.5, 0.6) is 5.75 Å². The number of carbonyl (C=O) groups excluding carboxylic acids is 1. The van der Waals surface area contributed by atoms with Gasteiger partial charge in [-0.15, -0.1) is 0 Å². The van der Waals surface area contributed by atoms with Gasteiger partial charge in [0.15, 0.2) is 0 Å². The molecule has 3 aromatic heterocycles. The van der Waals surface area contributed by atoms with E-state index < -0.39 is 0 Å². The Morgan fingerprint density at radius 1 is 1.30 bits per heavy atom. The number of nitrogens with one attached hydrogen (secondary N) is 2. The van der Waals surface area contributed by atoms with E-state index >= 15 is 0 Å². The first-order valence-corrected chi connectivity index (χ1v) is 11.2. The predicted molar refractivity (Wildman–Crippen MR) is 129 cm³/mol. The molecule has 7 heteroatoms. The average molecular weight is 447 g/mol. The molecule has 4 rings (SSSR count). The zero-order chi connectivity index (χ0) is 23.7. The third-order valence-electron chi connectivity index (χ3n) is 6.57. The summed E-state index contributed by atoms with van der Waals surface area (Å²) in [5.74, 6) is 1.06. The lowest BCUT2D eigenvalue weighted by Crippen LogP contribution is -2.28. The van der Waals surface area contributed by atoms with Crippen molar-refractivity contribution in [3.8, 4) is 5.75 Å². The third kappa shape index (κ3) is 4.11. The molecule has 1 aliphatic carbocycles. The number of aromatic amines is 1. The van der Waals surface area contributed by atoms with Gasteiger partial charge < -0.3 is 15.0 Å². The van der Waals surface area contributed by atoms with Gasteiger partial charge in [-0.25, -0.2) is 4.52 Å². The van der Waals surface area contributed by atoms with Crippen molar-refractivity contribution in [3.63, 3.8) is 0 Å². The van der Waals surface area contributed by atoms with Crippen LogP contribution in [0.4, 0.5) is 0 Å². The van der Waals surface area contributed by atoms with Crippen LogP contribution in [0, 0.1) is 25.7 Å². The van der Waals surface area contributed by atoms with Crippen molar-refractivity contribution in [2.24, 2.45) is 11.8 Å². The molecule has 7 nitrogen and oxygen atoms in total. The maximum Gasteiger partial charge on any atom is 0.256 e. The molecular weight excluding hydrogens is 416 g/mol. The molecule has 2 N–H and O–H groups in total. The highest BCUT2D eigenvalue weighted by molar-refractivity contribution is 6.03. The van der Waals surface area contributed by atoms with Crippen LogP contribution in [0.3, 0.4) is 0 Å². The molecule has 3 unspecified atom stereocenters. The van der Waals surface area contributed by atoms with Gasteiger partial charge in [-0.3, -0.25) is 9.59 Å². The Balaban J connectivity index is 1.70. The number of allylic oxidation sites excluding steroid dienone is 4. The van der Waals surface area contributed by atoms with E-state index in [9.17, 15) is 9.59 Å². The summed E-state index contributed by atoms with van der Waals surface area (Å²) in [6, 6.07) is 5.49. The number of hydrogen-bond acceptors (Lipinski definition) is 4. The minimum atomic E-state index is -0.271. The quantitative estimate of drug-likeness (QED) is 0.598. The van der Waals surface area contributed by atoms with Gasteiger partial charge >= 0.3 is 0 Å². The summed E-state index contributed by atoms with van der Waals surface area (Å²) in [6.07, 6.45) is 10.3. The van der Waals surface area contributed by atoms with Gasteiger partial charge in [0.05, 0.1) is 30.3 Å². The number of pyridine rings is 1. The number of nitrogens with zero attached hydrogens (tertiary/aromatic N) is 2. The summed E-state index contributed by atoms with van der Waals surface area (Å²) in [5, 5.41) is 7.49. The van der Waals surface area contributed by atoms with Crippen LogP contribution in [-0.4, -0.2) is 27.6 Å². The first-order chi connectivity index (χ1) is 15.8. The van der Waals surface area contributed by atoms with Crippen molar-refractivity contribution >= 4 is 11.4 Å². The van der Waals surface area contributed by atoms with E-state index in [-0.39, 0.29) is 23.9 Å². The minimum Gasteiger partial charge on any atom is -0.496 e. The Morgan fingerprint density at radius 2 is 2.06 bits per heavy atom. The van der Waals surface area contributed by atoms with Crippen LogP contribution in [0.1, 0.15) is 52.6 Å². The average Bonchev–Trinajstić information content (AvgIpc) is 3.09. The summed E-state index contributed by atoms with van der Waals surface area (Å²) in [7, 11) is 1.51. The highest BCUT2D eigenvalue weighted by atomic mass is 16.5. The molecule has 172 valence electrons. The van der Waals surface area contributed by atoms with Crippen LogP contribution in [0.25, 0.3) is 5.52 Å². The smallest absolute Gasteiger partial charge is 0.256 e. The van der Waals surface area contributed by atoms with Crippen molar-refractivity contribution < 1.29 is 9.53 Å². The molecule has 0 radical (unpaired) electrons. The lowest BCUT2D eigenvalue weighted by atomic mass is 9.78. The highest BCUT2D eigenvalue weighted by Gasteiger charge is 2.30. The monoisotopic (exact) mass is 446 g/mol. The molecule has 1 amide bonds. The van der Waals surface area contributed by atoms with Gasteiger partial charge in [-0.05, 0) is 49.4 Å². The minimum absolute atomic E-state index is 0.0622. The van der Waals surface area contributed by atoms with Crippen LogP contribution in [0.2, 0.25) is 0 Å². The van der Waals surface area contributed by atoms with Gasteiger partial charge in [0.25, 0.3) is 11.5 Å².